The normalized spacial score (nSPS) is 10.9. The van der Waals surface area contributed by atoms with Crippen molar-refractivity contribution < 1.29 is 9.53 Å². The fraction of sp³-hybridized carbons (Fsp3) is 0.0500. The van der Waals surface area contributed by atoms with Crippen molar-refractivity contribution in [2.24, 2.45) is 0 Å². The van der Waals surface area contributed by atoms with Gasteiger partial charge in [0.05, 0.1) is 12.8 Å². The van der Waals surface area contributed by atoms with Gasteiger partial charge in [-0.25, -0.2) is 4.98 Å². The van der Waals surface area contributed by atoms with Crippen molar-refractivity contribution in [1.29, 1.82) is 5.26 Å². The number of methoxy groups -OCH3 is 1. The molecular weight excluding hydrogens is 382 g/mol. The summed E-state index contributed by atoms with van der Waals surface area (Å²) in [4.78, 5) is 16.8. The molecule has 0 atom stereocenters. The molecule has 27 heavy (non-hydrogen) atoms. The van der Waals surface area contributed by atoms with E-state index >= 15 is 0 Å². The van der Waals surface area contributed by atoms with Crippen LogP contribution in [0.2, 0.25) is 5.02 Å². The Morgan fingerprint density at radius 3 is 2.56 bits per heavy atom. The standard InChI is InChI=1S/C20H14ClN3O2S/c1-26-17-8-2-13(3-9-17)10-15(11-22)19(25)24-20-23-18(12-27-20)14-4-6-16(21)7-5-14/h2-10,12H,1H3,(H,23,24,25). The predicted octanol–water partition coefficient (Wildman–Crippen LogP) is 5.02. The van der Waals surface area contributed by atoms with Gasteiger partial charge in [-0.15, -0.1) is 11.3 Å². The Bertz CT molecular complexity index is 1020. The highest BCUT2D eigenvalue weighted by molar-refractivity contribution is 7.14. The quantitative estimate of drug-likeness (QED) is 0.486. The molecule has 0 saturated carbocycles. The maximum atomic E-state index is 12.4. The number of thiazole rings is 1. The van der Waals surface area contributed by atoms with Crippen LogP contribution in [0, 0.1) is 11.3 Å². The van der Waals surface area contributed by atoms with Gasteiger partial charge in [-0.1, -0.05) is 35.9 Å². The number of nitrogens with zero attached hydrogens (tertiary/aromatic N) is 2. The van der Waals surface area contributed by atoms with Crippen LogP contribution in [0.25, 0.3) is 17.3 Å². The molecule has 0 spiro atoms. The lowest BCUT2D eigenvalue weighted by Gasteiger charge is -2.02. The van der Waals surface area contributed by atoms with Gasteiger partial charge in [-0.3, -0.25) is 10.1 Å². The van der Waals surface area contributed by atoms with E-state index in [0.29, 0.717) is 15.9 Å². The Balaban J connectivity index is 1.74. The van der Waals surface area contributed by atoms with E-state index in [1.807, 2.05) is 23.6 Å². The van der Waals surface area contributed by atoms with Crippen LogP contribution in [-0.4, -0.2) is 18.0 Å². The maximum absolute atomic E-state index is 12.4. The molecule has 7 heteroatoms. The summed E-state index contributed by atoms with van der Waals surface area (Å²) in [5.74, 6) is 0.193. The molecule has 0 aliphatic heterocycles. The van der Waals surface area contributed by atoms with Gasteiger partial charge in [0.15, 0.2) is 5.13 Å². The lowest BCUT2D eigenvalue weighted by Crippen LogP contribution is -2.13. The summed E-state index contributed by atoms with van der Waals surface area (Å²) in [6, 6.07) is 16.3. The molecular formula is C20H14ClN3O2S. The maximum Gasteiger partial charge on any atom is 0.268 e. The van der Waals surface area contributed by atoms with Gasteiger partial charge in [-0.05, 0) is 35.9 Å². The lowest BCUT2D eigenvalue weighted by atomic mass is 10.1. The number of carbonyl (C=O) groups excluding carboxylic acids is 1. The predicted molar refractivity (Wildman–Crippen MR) is 108 cm³/mol. The first-order valence-corrected chi connectivity index (χ1v) is 9.13. The smallest absolute Gasteiger partial charge is 0.268 e. The largest absolute Gasteiger partial charge is 0.497 e. The van der Waals surface area contributed by atoms with Gasteiger partial charge < -0.3 is 4.74 Å². The molecule has 0 aliphatic rings. The van der Waals surface area contributed by atoms with Crippen molar-refractivity contribution in [3.05, 3.63) is 70.1 Å². The van der Waals surface area contributed by atoms with Crippen LogP contribution < -0.4 is 10.1 Å². The highest BCUT2D eigenvalue weighted by Crippen LogP contribution is 2.26. The number of ether oxygens (including phenoxy) is 1. The average Bonchev–Trinajstić information content (AvgIpc) is 3.15. The van der Waals surface area contributed by atoms with Gasteiger partial charge in [0, 0.05) is 16.0 Å². The van der Waals surface area contributed by atoms with Gasteiger partial charge in [-0.2, -0.15) is 5.26 Å². The molecule has 0 unspecified atom stereocenters. The summed E-state index contributed by atoms with van der Waals surface area (Å²) in [5.41, 5.74) is 2.34. The van der Waals surface area contributed by atoms with E-state index in [-0.39, 0.29) is 5.57 Å². The molecule has 5 nitrogen and oxygen atoms in total. The van der Waals surface area contributed by atoms with Crippen molar-refractivity contribution in [3.63, 3.8) is 0 Å². The number of benzene rings is 2. The highest BCUT2D eigenvalue weighted by Gasteiger charge is 2.12. The minimum Gasteiger partial charge on any atom is -0.497 e. The van der Waals surface area contributed by atoms with E-state index in [0.717, 1.165) is 16.8 Å². The number of nitrogens with one attached hydrogen (secondary N) is 1. The summed E-state index contributed by atoms with van der Waals surface area (Å²) in [5, 5.41) is 14.9. The molecule has 1 N–H and O–H groups in total. The summed E-state index contributed by atoms with van der Waals surface area (Å²) in [6.07, 6.45) is 1.52. The van der Waals surface area contributed by atoms with Crippen LogP contribution in [-0.2, 0) is 4.79 Å². The SMILES string of the molecule is COc1ccc(C=C(C#N)C(=O)Nc2nc(-c3ccc(Cl)cc3)cs2)cc1. The molecule has 0 radical (unpaired) electrons. The topological polar surface area (TPSA) is 75.0 Å². The zero-order valence-electron chi connectivity index (χ0n) is 14.3. The van der Waals surface area contributed by atoms with Gasteiger partial charge in [0.2, 0.25) is 0 Å². The van der Waals surface area contributed by atoms with Crippen molar-refractivity contribution in [3.8, 4) is 23.1 Å². The Kier molecular flexibility index (Phi) is 5.87. The summed E-state index contributed by atoms with van der Waals surface area (Å²) >= 11 is 7.18. The lowest BCUT2D eigenvalue weighted by molar-refractivity contribution is -0.112. The van der Waals surface area contributed by atoms with E-state index in [4.69, 9.17) is 16.3 Å². The Labute approximate surface area is 165 Å². The van der Waals surface area contributed by atoms with E-state index < -0.39 is 5.91 Å². The minimum absolute atomic E-state index is 0.0107. The van der Waals surface area contributed by atoms with Crippen LogP contribution >= 0.6 is 22.9 Å². The molecule has 1 aromatic heterocycles. The van der Waals surface area contributed by atoms with Gasteiger partial charge >= 0.3 is 0 Å². The van der Waals surface area contributed by atoms with E-state index in [2.05, 4.69) is 10.3 Å². The monoisotopic (exact) mass is 395 g/mol. The molecule has 0 saturated heterocycles. The molecule has 2 aromatic carbocycles. The number of amides is 1. The second kappa shape index (κ2) is 8.49. The van der Waals surface area contributed by atoms with Crippen LogP contribution in [0.4, 0.5) is 5.13 Å². The first-order valence-electron chi connectivity index (χ1n) is 7.87. The van der Waals surface area contributed by atoms with Gasteiger partial charge in [0.1, 0.15) is 17.4 Å². The zero-order chi connectivity index (χ0) is 19.2. The van der Waals surface area contributed by atoms with Crippen molar-refractivity contribution in [2.75, 3.05) is 12.4 Å². The Morgan fingerprint density at radius 1 is 1.22 bits per heavy atom. The van der Waals surface area contributed by atoms with Crippen LogP contribution in [0.3, 0.4) is 0 Å². The summed E-state index contributed by atoms with van der Waals surface area (Å²) < 4.78 is 5.09. The molecule has 3 rings (SSSR count). The van der Waals surface area contributed by atoms with Crippen molar-refractivity contribution in [1.82, 2.24) is 4.98 Å². The first-order chi connectivity index (χ1) is 13.1. The fourth-order valence-corrected chi connectivity index (χ4v) is 3.10. The second-order valence-corrected chi connectivity index (χ2v) is 6.74. The van der Waals surface area contributed by atoms with Gasteiger partial charge in [0.25, 0.3) is 5.91 Å². The Morgan fingerprint density at radius 2 is 1.93 bits per heavy atom. The zero-order valence-corrected chi connectivity index (χ0v) is 15.8. The highest BCUT2D eigenvalue weighted by atomic mass is 35.5. The summed E-state index contributed by atoms with van der Waals surface area (Å²) in [6.45, 7) is 0. The summed E-state index contributed by atoms with van der Waals surface area (Å²) in [7, 11) is 1.57. The number of anilines is 1. The molecule has 1 heterocycles. The van der Waals surface area contributed by atoms with Crippen LogP contribution in [0.5, 0.6) is 5.75 Å². The Hall–Kier alpha value is -3.14. The van der Waals surface area contributed by atoms with Crippen molar-refractivity contribution >= 4 is 40.1 Å². The van der Waals surface area contributed by atoms with E-state index in [1.165, 1.54) is 17.4 Å². The van der Waals surface area contributed by atoms with E-state index in [1.54, 1.807) is 43.5 Å². The number of hydrogen-bond donors (Lipinski definition) is 1. The molecule has 0 bridgehead atoms. The molecule has 0 fully saturated rings. The fourth-order valence-electron chi connectivity index (χ4n) is 2.26. The third-order valence-corrected chi connectivity index (χ3v) is 4.67. The number of rotatable bonds is 5. The van der Waals surface area contributed by atoms with Crippen LogP contribution in [0.15, 0.2) is 59.5 Å². The molecule has 3 aromatic rings. The number of aromatic nitrogens is 1. The second-order valence-electron chi connectivity index (χ2n) is 5.44. The number of carbonyl (C=O) groups is 1. The van der Waals surface area contributed by atoms with Crippen LogP contribution in [0.1, 0.15) is 5.56 Å². The van der Waals surface area contributed by atoms with E-state index in [9.17, 15) is 10.1 Å². The third-order valence-electron chi connectivity index (χ3n) is 3.66. The number of halogens is 1. The minimum atomic E-state index is -0.509. The first kappa shape index (κ1) is 18.6. The molecule has 134 valence electrons. The van der Waals surface area contributed by atoms with Crippen molar-refractivity contribution in [2.45, 2.75) is 0 Å². The third kappa shape index (κ3) is 4.73. The molecule has 0 aliphatic carbocycles. The number of hydrogen-bond acceptors (Lipinski definition) is 5. The molecule has 1 amide bonds. The number of nitriles is 1. The average molecular weight is 396 g/mol.